The van der Waals surface area contributed by atoms with Crippen LogP contribution in [0.5, 0.6) is 0 Å². The Morgan fingerprint density at radius 3 is 2.50 bits per heavy atom. The molecule has 0 saturated heterocycles. The molecule has 3 rings (SSSR count). The van der Waals surface area contributed by atoms with Gasteiger partial charge >= 0.3 is 0 Å². The van der Waals surface area contributed by atoms with Crippen molar-refractivity contribution in [1.29, 1.82) is 0 Å². The summed E-state index contributed by atoms with van der Waals surface area (Å²) in [6.07, 6.45) is 2.01. The number of nitrogens with one attached hydrogen (secondary N) is 2. The average molecular weight is 309 g/mol. The second-order valence-electron chi connectivity index (χ2n) is 5.55. The summed E-state index contributed by atoms with van der Waals surface area (Å²) in [5.41, 5.74) is 10.0. The number of aryl methyl sites for hydroxylation is 3. The molecule has 0 radical (unpaired) electrons. The van der Waals surface area contributed by atoms with Crippen LogP contribution in [0.3, 0.4) is 0 Å². The van der Waals surface area contributed by atoms with Gasteiger partial charge in [-0.15, -0.1) is 0 Å². The van der Waals surface area contributed by atoms with Gasteiger partial charge < -0.3 is 5.32 Å². The molecule has 0 amide bonds. The van der Waals surface area contributed by atoms with Crippen LogP contribution in [0, 0.1) is 13.8 Å². The SMILES string of the molecule is Cc1cccc(C)c1NC(=S)N/N=C1/CCc2ccccc21. The van der Waals surface area contributed by atoms with Crippen LogP contribution in [0.15, 0.2) is 47.6 Å². The number of hydrazone groups is 1. The summed E-state index contributed by atoms with van der Waals surface area (Å²) < 4.78 is 0. The lowest BCUT2D eigenvalue weighted by Gasteiger charge is -2.13. The van der Waals surface area contributed by atoms with Gasteiger partial charge in [0.1, 0.15) is 0 Å². The third-order valence-electron chi connectivity index (χ3n) is 3.97. The van der Waals surface area contributed by atoms with Crippen LogP contribution in [0.25, 0.3) is 0 Å². The van der Waals surface area contributed by atoms with E-state index in [0.717, 1.165) is 24.2 Å². The third kappa shape index (κ3) is 3.02. The quantitative estimate of drug-likeness (QED) is 0.651. The zero-order chi connectivity index (χ0) is 15.5. The lowest BCUT2D eigenvalue weighted by Crippen LogP contribution is -2.25. The fourth-order valence-corrected chi connectivity index (χ4v) is 2.94. The molecule has 0 aliphatic heterocycles. The highest BCUT2D eigenvalue weighted by atomic mass is 32.1. The van der Waals surface area contributed by atoms with Gasteiger partial charge in [-0.25, -0.2) is 0 Å². The number of hydrogen-bond acceptors (Lipinski definition) is 2. The van der Waals surface area contributed by atoms with Crippen molar-refractivity contribution in [3.05, 3.63) is 64.7 Å². The highest BCUT2D eigenvalue weighted by molar-refractivity contribution is 7.80. The van der Waals surface area contributed by atoms with Crippen molar-refractivity contribution >= 4 is 28.7 Å². The van der Waals surface area contributed by atoms with Gasteiger partial charge in [-0.1, -0.05) is 42.5 Å². The summed E-state index contributed by atoms with van der Waals surface area (Å²) in [6, 6.07) is 14.6. The predicted molar refractivity (Wildman–Crippen MR) is 96.6 cm³/mol. The number of para-hydroxylation sites is 1. The number of rotatable bonds is 2. The first kappa shape index (κ1) is 14.7. The molecule has 2 aromatic rings. The molecule has 4 heteroatoms. The minimum atomic E-state index is 0.522. The van der Waals surface area contributed by atoms with Gasteiger partial charge in [0.05, 0.1) is 5.71 Å². The topological polar surface area (TPSA) is 36.4 Å². The van der Waals surface area contributed by atoms with Gasteiger partial charge in [0.15, 0.2) is 5.11 Å². The second-order valence-corrected chi connectivity index (χ2v) is 5.96. The molecule has 0 heterocycles. The number of benzene rings is 2. The molecule has 112 valence electrons. The smallest absolute Gasteiger partial charge is 0.191 e. The summed E-state index contributed by atoms with van der Waals surface area (Å²) in [4.78, 5) is 0. The largest absolute Gasteiger partial charge is 0.331 e. The van der Waals surface area contributed by atoms with Crippen LogP contribution >= 0.6 is 12.2 Å². The number of anilines is 1. The van der Waals surface area contributed by atoms with Crippen molar-refractivity contribution in [2.24, 2.45) is 5.10 Å². The van der Waals surface area contributed by atoms with Crippen molar-refractivity contribution in [1.82, 2.24) is 5.43 Å². The summed E-state index contributed by atoms with van der Waals surface area (Å²) in [6.45, 7) is 4.13. The van der Waals surface area contributed by atoms with Crippen LogP contribution in [0.4, 0.5) is 5.69 Å². The standard InChI is InChI=1S/C18H19N3S/c1-12-6-5-7-13(2)17(12)19-18(22)21-20-16-11-10-14-8-3-4-9-15(14)16/h3-9H,10-11H2,1-2H3,(H2,19,21,22)/b20-16-. The van der Waals surface area contributed by atoms with E-state index in [1.807, 2.05) is 12.1 Å². The lowest BCUT2D eigenvalue weighted by atomic mass is 10.1. The van der Waals surface area contributed by atoms with Gasteiger partial charge in [0.25, 0.3) is 0 Å². The van der Waals surface area contributed by atoms with Crippen LogP contribution in [0.2, 0.25) is 0 Å². The molecule has 0 fully saturated rings. The molecular weight excluding hydrogens is 290 g/mol. The van der Waals surface area contributed by atoms with Gasteiger partial charge in [0.2, 0.25) is 0 Å². The number of hydrogen-bond donors (Lipinski definition) is 2. The zero-order valence-corrected chi connectivity index (χ0v) is 13.6. The maximum absolute atomic E-state index is 5.36. The highest BCUT2D eigenvalue weighted by Crippen LogP contribution is 2.22. The number of nitrogens with zero attached hydrogens (tertiary/aromatic N) is 1. The Balaban J connectivity index is 1.70. The minimum Gasteiger partial charge on any atom is -0.331 e. The monoisotopic (exact) mass is 309 g/mol. The minimum absolute atomic E-state index is 0.522. The molecule has 0 bridgehead atoms. The van der Waals surface area contributed by atoms with E-state index >= 15 is 0 Å². The normalized spacial score (nSPS) is 14.7. The number of thiocarbonyl (C=S) groups is 1. The van der Waals surface area contributed by atoms with Gasteiger partial charge in [0, 0.05) is 11.3 Å². The van der Waals surface area contributed by atoms with Crippen molar-refractivity contribution < 1.29 is 0 Å². The van der Waals surface area contributed by atoms with Crippen LogP contribution in [0.1, 0.15) is 28.7 Å². The molecule has 0 saturated carbocycles. The van der Waals surface area contributed by atoms with E-state index in [-0.39, 0.29) is 0 Å². The summed E-state index contributed by atoms with van der Waals surface area (Å²) in [5, 5.41) is 8.25. The molecule has 2 N–H and O–H groups in total. The Morgan fingerprint density at radius 2 is 1.73 bits per heavy atom. The first-order valence-corrected chi connectivity index (χ1v) is 7.84. The molecule has 1 aliphatic carbocycles. The Labute approximate surface area is 136 Å². The van der Waals surface area contributed by atoms with E-state index in [0.29, 0.717) is 5.11 Å². The first-order chi connectivity index (χ1) is 10.6. The predicted octanol–water partition coefficient (Wildman–Crippen LogP) is 3.94. The van der Waals surface area contributed by atoms with Crippen molar-refractivity contribution in [2.75, 3.05) is 5.32 Å². The molecule has 0 atom stereocenters. The molecular formula is C18H19N3S. The Bertz CT molecular complexity index is 729. The molecule has 22 heavy (non-hydrogen) atoms. The fourth-order valence-electron chi connectivity index (χ4n) is 2.80. The maximum Gasteiger partial charge on any atom is 0.191 e. The van der Waals surface area contributed by atoms with E-state index in [1.54, 1.807) is 0 Å². The third-order valence-corrected chi connectivity index (χ3v) is 4.16. The molecule has 0 unspecified atom stereocenters. The van der Waals surface area contributed by atoms with E-state index in [4.69, 9.17) is 12.2 Å². The Hall–Kier alpha value is -2.20. The van der Waals surface area contributed by atoms with Crippen molar-refractivity contribution in [2.45, 2.75) is 26.7 Å². The number of fused-ring (bicyclic) bond motifs is 1. The average Bonchev–Trinajstić information content (AvgIpc) is 2.92. The lowest BCUT2D eigenvalue weighted by molar-refractivity contribution is 1.01. The van der Waals surface area contributed by atoms with Crippen molar-refractivity contribution in [3.63, 3.8) is 0 Å². The van der Waals surface area contributed by atoms with Gasteiger partial charge in [-0.3, -0.25) is 5.43 Å². The summed E-state index contributed by atoms with van der Waals surface area (Å²) in [7, 11) is 0. The Morgan fingerprint density at radius 1 is 1.00 bits per heavy atom. The molecule has 0 aromatic heterocycles. The summed E-state index contributed by atoms with van der Waals surface area (Å²) in [5.74, 6) is 0. The van der Waals surface area contributed by atoms with E-state index in [9.17, 15) is 0 Å². The molecule has 2 aromatic carbocycles. The van der Waals surface area contributed by atoms with Crippen molar-refractivity contribution in [3.8, 4) is 0 Å². The van der Waals surface area contributed by atoms with E-state index < -0.39 is 0 Å². The summed E-state index contributed by atoms with van der Waals surface area (Å²) >= 11 is 5.36. The highest BCUT2D eigenvalue weighted by Gasteiger charge is 2.16. The van der Waals surface area contributed by atoms with Crippen LogP contribution < -0.4 is 10.7 Å². The maximum atomic E-state index is 5.36. The zero-order valence-electron chi connectivity index (χ0n) is 12.8. The van der Waals surface area contributed by atoms with Crippen LogP contribution in [-0.2, 0) is 6.42 Å². The van der Waals surface area contributed by atoms with E-state index in [1.165, 1.54) is 22.3 Å². The molecule has 1 aliphatic rings. The fraction of sp³-hybridized carbons (Fsp3) is 0.222. The Kier molecular flexibility index (Phi) is 4.20. The molecule has 0 spiro atoms. The van der Waals surface area contributed by atoms with Gasteiger partial charge in [-0.2, -0.15) is 5.10 Å². The first-order valence-electron chi connectivity index (χ1n) is 7.43. The second kappa shape index (κ2) is 6.28. The van der Waals surface area contributed by atoms with Crippen LogP contribution in [-0.4, -0.2) is 10.8 Å². The van der Waals surface area contributed by atoms with E-state index in [2.05, 4.69) is 60.0 Å². The van der Waals surface area contributed by atoms with Gasteiger partial charge in [-0.05, 0) is 55.6 Å². The molecule has 3 nitrogen and oxygen atoms in total.